The highest BCUT2D eigenvalue weighted by molar-refractivity contribution is 7.92. The lowest BCUT2D eigenvalue weighted by molar-refractivity contribution is 0.0600. The number of amides is 1. The van der Waals surface area contributed by atoms with E-state index in [0.29, 0.717) is 23.2 Å². The second-order valence-electron chi connectivity index (χ2n) is 5.51. The lowest BCUT2D eigenvalue weighted by atomic mass is 10.1. The number of aryl methyl sites for hydroxylation is 1. The minimum absolute atomic E-state index is 0.0265. The van der Waals surface area contributed by atoms with Gasteiger partial charge in [0.1, 0.15) is 0 Å². The maximum Gasteiger partial charge on any atom is 0.337 e. The number of hydrogen-bond donors (Lipinski definition) is 2. The number of rotatable bonds is 6. The van der Waals surface area contributed by atoms with Crippen molar-refractivity contribution in [1.82, 2.24) is 5.32 Å². The third kappa shape index (κ3) is 4.40. The molecule has 0 atom stereocenters. The van der Waals surface area contributed by atoms with Gasteiger partial charge in [0.15, 0.2) is 0 Å². The predicted octanol–water partition coefficient (Wildman–Crippen LogP) is 2.33. The molecule has 2 aromatic rings. The summed E-state index contributed by atoms with van der Waals surface area (Å²) in [4.78, 5) is 23.5. The van der Waals surface area contributed by atoms with Gasteiger partial charge in [-0.3, -0.25) is 9.52 Å². The Hall–Kier alpha value is -2.87. The third-order valence-electron chi connectivity index (χ3n) is 3.66. The highest BCUT2D eigenvalue weighted by Crippen LogP contribution is 2.20. The van der Waals surface area contributed by atoms with E-state index in [9.17, 15) is 18.0 Å². The highest BCUT2D eigenvalue weighted by Gasteiger charge is 2.18. The van der Waals surface area contributed by atoms with Crippen LogP contribution in [0.5, 0.6) is 0 Å². The zero-order chi connectivity index (χ0) is 19.3. The van der Waals surface area contributed by atoms with Crippen molar-refractivity contribution in [2.45, 2.75) is 18.7 Å². The summed E-state index contributed by atoms with van der Waals surface area (Å²) in [5.41, 5.74) is 1.58. The summed E-state index contributed by atoms with van der Waals surface area (Å²) in [5.74, 6) is -0.839. The van der Waals surface area contributed by atoms with Crippen LogP contribution in [0.25, 0.3) is 0 Å². The summed E-state index contributed by atoms with van der Waals surface area (Å²) in [5, 5.41) is 2.66. The number of benzene rings is 2. The molecule has 0 bridgehead atoms. The highest BCUT2D eigenvalue weighted by atomic mass is 32.2. The summed E-state index contributed by atoms with van der Waals surface area (Å²) in [6.45, 7) is 3.97. The number of carbonyl (C=O) groups is 2. The van der Waals surface area contributed by atoms with E-state index in [4.69, 9.17) is 0 Å². The Morgan fingerprint density at radius 1 is 1.08 bits per heavy atom. The third-order valence-corrected chi connectivity index (χ3v) is 5.04. The van der Waals surface area contributed by atoms with Crippen molar-refractivity contribution in [3.8, 4) is 0 Å². The van der Waals surface area contributed by atoms with Crippen LogP contribution < -0.4 is 10.0 Å². The maximum absolute atomic E-state index is 12.6. The van der Waals surface area contributed by atoms with Gasteiger partial charge in [-0.2, -0.15) is 0 Å². The van der Waals surface area contributed by atoms with Crippen LogP contribution in [0.3, 0.4) is 0 Å². The van der Waals surface area contributed by atoms with Crippen molar-refractivity contribution in [3.63, 3.8) is 0 Å². The molecular weight excluding hydrogens is 356 g/mol. The zero-order valence-electron chi connectivity index (χ0n) is 14.7. The van der Waals surface area contributed by atoms with Crippen LogP contribution in [0.15, 0.2) is 47.4 Å². The first-order valence-corrected chi connectivity index (χ1v) is 9.37. The second kappa shape index (κ2) is 8.01. The fraction of sp³-hybridized carbons (Fsp3) is 0.222. The van der Waals surface area contributed by atoms with Crippen LogP contribution in [0.1, 0.15) is 33.2 Å². The Bertz CT molecular complexity index is 921. The van der Waals surface area contributed by atoms with Gasteiger partial charge in [-0.05, 0) is 55.8 Å². The number of hydrogen-bond acceptors (Lipinski definition) is 5. The molecule has 2 rings (SSSR count). The fourth-order valence-corrected chi connectivity index (χ4v) is 3.36. The summed E-state index contributed by atoms with van der Waals surface area (Å²) in [6.07, 6.45) is 0. The van der Waals surface area contributed by atoms with Gasteiger partial charge in [-0.1, -0.05) is 6.07 Å². The molecule has 0 aliphatic heterocycles. The SMILES string of the molecule is CCNC(=O)c1cc(S(=O)(=O)Nc2ccc(C(=O)OC)cc2)ccc1C. The van der Waals surface area contributed by atoms with E-state index < -0.39 is 16.0 Å². The Morgan fingerprint density at radius 2 is 1.73 bits per heavy atom. The number of carbonyl (C=O) groups excluding carboxylic acids is 2. The van der Waals surface area contributed by atoms with E-state index in [-0.39, 0.29) is 16.5 Å². The molecule has 7 nitrogen and oxygen atoms in total. The predicted molar refractivity (Wildman–Crippen MR) is 97.8 cm³/mol. The van der Waals surface area contributed by atoms with Crippen molar-refractivity contribution >= 4 is 27.6 Å². The van der Waals surface area contributed by atoms with Gasteiger partial charge in [-0.25, -0.2) is 13.2 Å². The second-order valence-corrected chi connectivity index (χ2v) is 7.19. The fourth-order valence-electron chi connectivity index (χ4n) is 2.27. The lowest BCUT2D eigenvalue weighted by Gasteiger charge is -2.11. The van der Waals surface area contributed by atoms with Crippen molar-refractivity contribution < 1.29 is 22.7 Å². The summed E-state index contributed by atoms with van der Waals surface area (Å²) in [7, 11) is -2.62. The molecule has 0 fully saturated rings. The minimum Gasteiger partial charge on any atom is -0.465 e. The molecule has 8 heteroatoms. The molecule has 0 heterocycles. The molecule has 0 aromatic heterocycles. The van der Waals surface area contributed by atoms with Gasteiger partial charge < -0.3 is 10.1 Å². The largest absolute Gasteiger partial charge is 0.465 e. The molecule has 0 radical (unpaired) electrons. The molecule has 0 spiro atoms. The molecule has 0 saturated carbocycles. The van der Waals surface area contributed by atoms with Crippen molar-refractivity contribution in [3.05, 3.63) is 59.2 Å². The first-order valence-electron chi connectivity index (χ1n) is 7.88. The molecule has 0 aliphatic rings. The van der Waals surface area contributed by atoms with Gasteiger partial charge in [0.25, 0.3) is 15.9 Å². The standard InChI is InChI=1S/C18H20N2O5S/c1-4-19-17(21)16-11-15(10-5-12(16)2)26(23,24)20-14-8-6-13(7-9-14)18(22)25-3/h5-11,20H,4H2,1-3H3,(H,19,21). The number of esters is 1. The van der Waals surface area contributed by atoms with E-state index in [0.717, 1.165) is 0 Å². The van der Waals surface area contributed by atoms with Crippen LogP contribution in [0.4, 0.5) is 5.69 Å². The van der Waals surface area contributed by atoms with Crippen LogP contribution in [-0.4, -0.2) is 33.9 Å². The minimum atomic E-state index is -3.89. The molecule has 1 amide bonds. The van der Waals surface area contributed by atoms with Crippen molar-refractivity contribution in [1.29, 1.82) is 0 Å². The van der Waals surface area contributed by atoms with E-state index in [1.54, 1.807) is 19.9 Å². The zero-order valence-corrected chi connectivity index (χ0v) is 15.5. The van der Waals surface area contributed by atoms with E-state index in [2.05, 4.69) is 14.8 Å². The summed E-state index contributed by atoms with van der Waals surface area (Å²) in [6, 6.07) is 10.2. The van der Waals surface area contributed by atoms with Crippen molar-refractivity contribution in [2.75, 3.05) is 18.4 Å². The summed E-state index contributed by atoms with van der Waals surface area (Å²) >= 11 is 0. The van der Waals surface area contributed by atoms with Gasteiger partial charge in [-0.15, -0.1) is 0 Å². The van der Waals surface area contributed by atoms with Gasteiger partial charge >= 0.3 is 5.97 Å². The molecule has 26 heavy (non-hydrogen) atoms. The number of nitrogens with one attached hydrogen (secondary N) is 2. The first-order chi connectivity index (χ1) is 12.3. The molecule has 2 N–H and O–H groups in total. The Balaban J connectivity index is 2.29. The Labute approximate surface area is 152 Å². The molecule has 0 saturated heterocycles. The molecular formula is C18H20N2O5S. The van der Waals surface area contributed by atoms with E-state index in [1.165, 1.54) is 43.5 Å². The molecule has 2 aromatic carbocycles. The van der Waals surface area contributed by atoms with E-state index >= 15 is 0 Å². The molecule has 138 valence electrons. The number of anilines is 1. The summed E-state index contributed by atoms with van der Waals surface area (Å²) < 4.78 is 32.2. The van der Waals surface area contributed by atoms with Crippen LogP contribution in [-0.2, 0) is 14.8 Å². The topological polar surface area (TPSA) is 102 Å². The average Bonchev–Trinajstić information content (AvgIpc) is 2.61. The maximum atomic E-state index is 12.6. The Kier molecular flexibility index (Phi) is 5.99. The van der Waals surface area contributed by atoms with Crippen LogP contribution >= 0.6 is 0 Å². The first kappa shape index (κ1) is 19.5. The van der Waals surface area contributed by atoms with Crippen molar-refractivity contribution in [2.24, 2.45) is 0 Å². The van der Waals surface area contributed by atoms with Crippen LogP contribution in [0, 0.1) is 6.92 Å². The van der Waals surface area contributed by atoms with Crippen LogP contribution in [0.2, 0.25) is 0 Å². The number of methoxy groups -OCH3 is 1. The molecule has 0 unspecified atom stereocenters. The quantitative estimate of drug-likeness (QED) is 0.754. The average molecular weight is 376 g/mol. The number of ether oxygens (including phenoxy) is 1. The smallest absolute Gasteiger partial charge is 0.337 e. The molecule has 0 aliphatic carbocycles. The Morgan fingerprint density at radius 3 is 2.31 bits per heavy atom. The van der Waals surface area contributed by atoms with E-state index in [1.807, 2.05) is 0 Å². The lowest BCUT2D eigenvalue weighted by Crippen LogP contribution is -2.24. The van der Waals surface area contributed by atoms with Gasteiger partial charge in [0.2, 0.25) is 0 Å². The van der Waals surface area contributed by atoms with Gasteiger partial charge in [0, 0.05) is 17.8 Å². The van der Waals surface area contributed by atoms with Gasteiger partial charge in [0.05, 0.1) is 17.6 Å². The number of sulfonamides is 1. The monoisotopic (exact) mass is 376 g/mol. The normalized spacial score (nSPS) is 10.9.